The van der Waals surface area contributed by atoms with Crippen LogP contribution in [0.25, 0.3) is 0 Å². The average Bonchev–Trinajstić information content (AvgIpc) is 2.90. The first-order valence-corrected chi connectivity index (χ1v) is 7.35. The molecule has 22 heavy (non-hydrogen) atoms. The first kappa shape index (κ1) is 16.3. The number of carbonyl (C=O) groups excluding carboxylic acids is 2. The molecule has 3 atom stereocenters. The third kappa shape index (κ3) is 3.21. The van der Waals surface area contributed by atoms with Crippen molar-refractivity contribution in [3.8, 4) is 0 Å². The number of allylic oxidation sites excluding steroid dienone is 1. The largest absolute Gasteiger partial charge is 0.482 e. The number of hydrogen-bond acceptors (Lipinski definition) is 5. The summed E-state index contributed by atoms with van der Waals surface area (Å²) in [6.07, 6.45) is 3.40. The Labute approximate surface area is 128 Å². The van der Waals surface area contributed by atoms with Crippen LogP contribution in [0.15, 0.2) is 23.5 Å². The Morgan fingerprint density at radius 3 is 2.73 bits per heavy atom. The molecular formula is C16H20O6. The highest BCUT2D eigenvalue weighted by Gasteiger charge is 2.44. The first-order chi connectivity index (χ1) is 10.3. The molecule has 2 rings (SSSR count). The lowest BCUT2D eigenvalue weighted by molar-refractivity contribution is -0.147. The Bertz CT molecular complexity index is 573. The molecule has 0 aliphatic carbocycles. The number of rotatable bonds is 5. The van der Waals surface area contributed by atoms with Crippen LogP contribution in [-0.2, 0) is 23.9 Å². The minimum atomic E-state index is -1.26. The van der Waals surface area contributed by atoms with Crippen molar-refractivity contribution >= 4 is 17.7 Å². The van der Waals surface area contributed by atoms with Gasteiger partial charge in [0.1, 0.15) is 16.9 Å². The fourth-order valence-corrected chi connectivity index (χ4v) is 2.67. The SMILES string of the molecule is CCC(C)C[C@@]1(C)C=C/C(=C2/C(=O)O[C@@H](CC(=O)O)C2=O)O1. The summed E-state index contributed by atoms with van der Waals surface area (Å²) in [5.74, 6) is -2.02. The maximum Gasteiger partial charge on any atom is 0.346 e. The lowest BCUT2D eigenvalue weighted by atomic mass is 9.92. The predicted octanol–water partition coefficient (Wildman–Crippen LogP) is 1.99. The van der Waals surface area contributed by atoms with E-state index in [1.54, 1.807) is 6.08 Å². The van der Waals surface area contributed by atoms with E-state index in [-0.39, 0.29) is 11.3 Å². The van der Waals surface area contributed by atoms with Gasteiger partial charge in [-0.15, -0.1) is 0 Å². The van der Waals surface area contributed by atoms with E-state index >= 15 is 0 Å². The standard InChI is InChI=1S/C16H20O6/c1-4-9(2)8-16(3)6-5-10(22-16)13-14(19)11(7-12(17)18)21-15(13)20/h5-6,9,11H,4,7-8H2,1-3H3,(H,17,18)/b13-10-/t9?,11-,16+/m0/s1. The molecule has 0 saturated carbocycles. The highest BCUT2D eigenvalue weighted by atomic mass is 16.6. The van der Waals surface area contributed by atoms with Gasteiger partial charge in [-0.05, 0) is 31.4 Å². The van der Waals surface area contributed by atoms with E-state index in [2.05, 4.69) is 13.8 Å². The number of hydrogen-bond donors (Lipinski definition) is 1. The van der Waals surface area contributed by atoms with Gasteiger partial charge in [0, 0.05) is 0 Å². The van der Waals surface area contributed by atoms with Crippen molar-refractivity contribution in [1.82, 2.24) is 0 Å². The van der Waals surface area contributed by atoms with Crippen molar-refractivity contribution in [2.75, 3.05) is 0 Å². The summed E-state index contributed by atoms with van der Waals surface area (Å²) in [5.41, 5.74) is -0.751. The molecule has 1 fully saturated rings. The summed E-state index contributed by atoms with van der Waals surface area (Å²) >= 11 is 0. The number of carbonyl (C=O) groups is 3. The van der Waals surface area contributed by atoms with Crippen LogP contribution >= 0.6 is 0 Å². The molecule has 2 heterocycles. The van der Waals surface area contributed by atoms with Gasteiger partial charge in [0.2, 0.25) is 5.78 Å². The van der Waals surface area contributed by atoms with Gasteiger partial charge in [-0.1, -0.05) is 20.3 Å². The lowest BCUT2D eigenvalue weighted by Crippen LogP contribution is -2.25. The van der Waals surface area contributed by atoms with Crippen LogP contribution in [0.4, 0.5) is 0 Å². The summed E-state index contributed by atoms with van der Waals surface area (Å²) in [4.78, 5) is 34.7. The van der Waals surface area contributed by atoms with Crippen molar-refractivity contribution in [3.05, 3.63) is 23.5 Å². The number of cyclic esters (lactones) is 1. The van der Waals surface area contributed by atoms with E-state index < -0.39 is 35.8 Å². The van der Waals surface area contributed by atoms with E-state index in [9.17, 15) is 14.4 Å². The molecule has 1 unspecified atom stereocenters. The molecule has 0 radical (unpaired) electrons. The molecule has 1 N–H and O–H groups in total. The van der Waals surface area contributed by atoms with Crippen molar-refractivity contribution in [3.63, 3.8) is 0 Å². The number of carboxylic acids is 1. The molecule has 120 valence electrons. The minimum absolute atomic E-state index is 0.175. The topological polar surface area (TPSA) is 89.9 Å². The Kier molecular flexibility index (Phi) is 4.39. The molecule has 0 amide bonds. The highest BCUT2D eigenvalue weighted by molar-refractivity contribution is 6.24. The summed E-state index contributed by atoms with van der Waals surface area (Å²) in [7, 11) is 0. The molecule has 1 saturated heterocycles. The molecule has 6 heteroatoms. The average molecular weight is 308 g/mol. The monoisotopic (exact) mass is 308 g/mol. The maximum atomic E-state index is 12.1. The van der Waals surface area contributed by atoms with Crippen molar-refractivity contribution in [1.29, 1.82) is 0 Å². The molecule has 2 aliphatic rings. The van der Waals surface area contributed by atoms with Crippen LogP contribution in [0.2, 0.25) is 0 Å². The number of carboxylic acid groups (broad SMARTS) is 1. The number of aliphatic carboxylic acids is 1. The number of esters is 1. The first-order valence-electron chi connectivity index (χ1n) is 7.35. The quantitative estimate of drug-likeness (QED) is 0.474. The summed E-state index contributed by atoms with van der Waals surface area (Å²) < 4.78 is 10.6. The molecule has 0 bridgehead atoms. The minimum Gasteiger partial charge on any atom is -0.482 e. The van der Waals surface area contributed by atoms with Crippen molar-refractivity contribution in [2.24, 2.45) is 5.92 Å². The van der Waals surface area contributed by atoms with Crippen LogP contribution < -0.4 is 0 Å². The number of Topliss-reactive ketones (excluding diaryl/α,β-unsaturated/α-hetero) is 1. The normalized spacial score (nSPS) is 32.0. The van der Waals surface area contributed by atoms with Gasteiger partial charge in [0.05, 0.1) is 6.42 Å². The fraction of sp³-hybridized carbons (Fsp3) is 0.562. The van der Waals surface area contributed by atoms with E-state index in [1.165, 1.54) is 0 Å². The summed E-state index contributed by atoms with van der Waals surface area (Å²) in [6.45, 7) is 6.08. The van der Waals surface area contributed by atoms with Gasteiger partial charge in [0.15, 0.2) is 6.10 Å². The van der Waals surface area contributed by atoms with E-state index in [0.717, 1.165) is 12.8 Å². The van der Waals surface area contributed by atoms with E-state index in [4.69, 9.17) is 14.6 Å². The van der Waals surface area contributed by atoms with Crippen LogP contribution in [0, 0.1) is 5.92 Å². The molecule has 6 nitrogen and oxygen atoms in total. The van der Waals surface area contributed by atoms with Gasteiger partial charge in [-0.3, -0.25) is 9.59 Å². The third-order valence-corrected chi connectivity index (χ3v) is 3.98. The molecule has 0 aromatic heterocycles. The smallest absolute Gasteiger partial charge is 0.346 e. The maximum absolute atomic E-state index is 12.1. The zero-order valence-electron chi connectivity index (χ0n) is 12.9. The highest BCUT2D eigenvalue weighted by Crippen LogP contribution is 2.35. The van der Waals surface area contributed by atoms with E-state index in [1.807, 2.05) is 13.0 Å². The Morgan fingerprint density at radius 1 is 1.45 bits per heavy atom. The van der Waals surface area contributed by atoms with Gasteiger partial charge in [-0.2, -0.15) is 0 Å². The Balaban J connectivity index is 2.19. The predicted molar refractivity (Wildman–Crippen MR) is 76.9 cm³/mol. The molecule has 0 spiro atoms. The summed E-state index contributed by atoms with van der Waals surface area (Å²) in [6, 6.07) is 0. The summed E-state index contributed by atoms with van der Waals surface area (Å²) in [5, 5.41) is 8.73. The van der Waals surface area contributed by atoms with Crippen LogP contribution in [0.5, 0.6) is 0 Å². The fourth-order valence-electron chi connectivity index (χ4n) is 2.67. The van der Waals surface area contributed by atoms with Gasteiger partial charge in [-0.25, -0.2) is 4.79 Å². The zero-order chi connectivity index (χ0) is 16.5. The second-order valence-electron chi connectivity index (χ2n) is 6.06. The van der Waals surface area contributed by atoms with Crippen LogP contribution in [-0.4, -0.2) is 34.5 Å². The van der Waals surface area contributed by atoms with Crippen molar-refractivity contribution < 1.29 is 29.0 Å². The molecule has 0 aromatic carbocycles. The Hall–Kier alpha value is -2.11. The molecule has 0 aromatic rings. The molecular weight excluding hydrogens is 288 g/mol. The van der Waals surface area contributed by atoms with Crippen LogP contribution in [0.1, 0.15) is 40.0 Å². The van der Waals surface area contributed by atoms with Gasteiger partial charge >= 0.3 is 11.9 Å². The lowest BCUT2D eigenvalue weighted by Gasteiger charge is -2.26. The van der Waals surface area contributed by atoms with E-state index in [0.29, 0.717) is 5.92 Å². The van der Waals surface area contributed by atoms with Gasteiger partial charge < -0.3 is 14.6 Å². The van der Waals surface area contributed by atoms with Crippen molar-refractivity contribution in [2.45, 2.75) is 51.7 Å². The molecule has 2 aliphatic heterocycles. The third-order valence-electron chi connectivity index (χ3n) is 3.98. The zero-order valence-corrected chi connectivity index (χ0v) is 12.9. The second kappa shape index (κ2) is 5.94. The van der Waals surface area contributed by atoms with Gasteiger partial charge in [0.25, 0.3) is 0 Å². The number of ketones is 1. The van der Waals surface area contributed by atoms with Crippen LogP contribution in [0.3, 0.4) is 0 Å². The number of ether oxygens (including phenoxy) is 2. The second-order valence-corrected chi connectivity index (χ2v) is 6.06. The Morgan fingerprint density at radius 2 is 2.14 bits per heavy atom.